The number of aliphatic carboxylic acids is 1. The summed E-state index contributed by atoms with van der Waals surface area (Å²) in [4.78, 5) is 11.8. The van der Waals surface area contributed by atoms with Crippen LogP contribution < -0.4 is 10.1 Å². The lowest BCUT2D eigenvalue weighted by Crippen LogP contribution is -2.51. The molecule has 1 aliphatic carbocycles. The Morgan fingerprint density at radius 2 is 1.92 bits per heavy atom. The summed E-state index contributed by atoms with van der Waals surface area (Å²) in [5.41, 5.74) is -0.814. The molecule has 0 saturated heterocycles. The summed E-state index contributed by atoms with van der Waals surface area (Å²) in [7, 11) is 0. The van der Waals surface area contributed by atoms with E-state index in [9.17, 15) is 23.1 Å². The first kappa shape index (κ1) is 18.7. The van der Waals surface area contributed by atoms with Gasteiger partial charge in [0.2, 0.25) is 0 Å². The van der Waals surface area contributed by atoms with E-state index < -0.39 is 23.6 Å². The lowest BCUT2D eigenvalue weighted by molar-refractivity contribution is -0.274. The Morgan fingerprint density at radius 1 is 1.33 bits per heavy atom. The van der Waals surface area contributed by atoms with E-state index in [4.69, 9.17) is 11.6 Å². The molecule has 0 amide bonds. The van der Waals surface area contributed by atoms with Crippen LogP contribution in [0.3, 0.4) is 0 Å². The third kappa shape index (κ3) is 4.47. The predicted octanol–water partition coefficient (Wildman–Crippen LogP) is 4.93. The molecule has 0 heterocycles. The lowest BCUT2D eigenvalue weighted by atomic mass is 9.71. The van der Waals surface area contributed by atoms with Crippen LogP contribution in [0.4, 0.5) is 18.9 Å². The van der Waals surface area contributed by atoms with Gasteiger partial charge in [-0.2, -0.15) is 0 Å². The van der Waals surface area contributed by atoms with Crippen LogP contribution in [0.5, 0.6) is 5.75 Å². The second kappa shape index (κ2) is 6.70. The van der Waals surface area contributed by atoms with Gasteiger partial charge in [0, 0.05) is 5.69 Å². The van der Waals surface area contributed by atoms with Gasteiger partial charge in [0.1, 0.15) is 11.3 Å². The minimum atomic E-state index is -4.84. The zero-order valence-electron chi connectivity index (χ0n) is 13.3. The number of alkyl halides is 3. The maximum absolute atomic E-state index is 12.3. The second-order valence-electron chi connectivity index (χ2n) is 6.56. The van der Waals surface area contributed by atoms with Crippen LogP contribution in [-0.4, -0.2) is 23.0 Å². The van der Waals surface area contributed by atoms with Crippen molar-refractivity contribution in [1.82, 2.24) is 0 Å². The van der Waals surface area contributed by atoms with Crippen LogP contribution in [0.1, 0.15) is 33.1 Å². The number of ether oxygens (including phenoxy) is 1. The summed E-state index contributed by atoms with van der Waals surface area (Å²) in [6.45, 7) is 3.98. The number of hydrogen-bond acceptors (Lipinski definition) is 3. The standard InChI is InChI=1S/C16H19ClF3NO3/c1-9-5-10(2)8-15(7-9,14(22)23)21-11-3-4-13(12(17)6-11)24-16(18,19)20/h3-4,6,9-10,21H,5,7-8H2,1-2H3,(H,22,23)/t9-,10+,15?. The highest BCUT2D eigenvalue weighted by Gasteiger charge is 2.44. The highest BCUT2D eigenvalue weighted by molar-refractivity contribution is 6.32. The Bertz CT molecular complexity index is 611. The fourth-order valence-electron chi connectivity index (χ4n) is 3.52. The third-order valence-electron chi connectivity index (χ3n) is 4.15. The Kier molecular flexibility index (Phi) is 5.22. The highest BCUT2D eigenvalue weighted by atomic mass is 35.5. The molecule has 134 valence electrons. The largest absolute Gasteiger partial charge is 0.573 e. The number of benzene rings is 1. The normalized spacial score (nSPS) is 27.6. The van der Waals surface area contributed by atoms with Gasteiger partial charge in [-0.1, -0.05) is 25.4 Å². The molecule has 2 N–H and O–H groups in total. The minimum Gasteiger partial charge on any atom is -0.480 e. The molecular formula is C16H19ClF3NO3. The van der Waals surface area contributed by atoms with Crippen molar-refractivity contribution in [1.29, 1.82) is 0 Å². The first-order chi connectivity index (χ1) is 11.0. The number of nitrogens with one attached hydrogen (secondary N) is 1. The molecule has 0 aromatic heterocycles. The predicted molar refractivity (Wildman–Crippen MR) is 84.3 cm³/mol. The molecule has 3 atom stereocenters. The first-order valence-electron chi connectivity index (χ1n) is 7.57. The fraction of sp³-hybridized carbons (Fsp3) is 0.562. The summed E-state index contributed by atoms with van der Waals surface area (Å²) in [5.74, 6) is -1.06. The molecule has 0 radical (unpaired) electrons. The molecule has 0 spiro atoms. The van der Waals surface area contributed by atoms with E-state index >= 15 is 0 Å². The highest BCUT2D eigenvalue weighted by Crippen LogP contribution is 2.40. The topological polar surface area (TPSA) is 58.6 Å². The van der Waals surface area contributed by atoms with E-state index in [0.717, 1.165) is 12.5 Å². The van der Waals surface area contributed by atoms with Gasteiger partial charge in [-0.3, -0.25) is 0 Å². The summed E-state index contributed by atoms with van der Waals surface area (Å²) < 4.78 is 40.6. The molecule has 4 nitrogen and oxygen atoms in total. The molecule has 0 aliphatic heterocycles. The average Bonchev–Trinajstić information content (AvgIpc) is 2.39. The SMILES string of the molecule is C[C@@H]1C[C@H](C)CC(Nc2ccc(OC(F)(F)F)c(Cl)c2)(C(=O)O)C1. The number of anilines is 1. The minimum absolute atomic E-state index is 0.223. The second-order valence-corrected chi connectivity index (χ2v) is 6.97. The van der Waals surface area contributed by atoms with Crippen molar-refractivity contribution in [3.8, 4) is 5.75 Å². The Hall–Kier alpha value is -1.63. The molecule has 1 unspecified atom stereocenters. The van der Waals surface area contributed by atoms with Crippen LogP contribution in [0.15, 0.2) is 18.2 Å². The van der Waals surface area contributed by atoms with E-state index in [1.165, 1.54) is 12.1 Å². The molecule has 1 aliphatic rings. The Balaban J connectivity index is 2.24. The van der Waals surface area contributed by atoms with Crippen LogP contribution in [0.2, 0.25) is 5.02 Å². The van der Waals surface area contributed by atoms with Crippen molar-refractivity contribution >= 4 is 23.3 Å². The molecule has 1 saturated carbocycles. The van der Waals surface area contributed by atoms with Crippen LogP contribution in [0.25, 0.3) is 0 Å². The molecule has 1 fully saturated rings. The van der Waals surface area contributed by atoms with Crippen molar-refractivity contribution in [3.63, 3.8) is 0 Å². The number of rotatable bonds is 4. The first-order valence-corrected chi connectivity index (χ1v) is 7.95. The monoisotopic (exact) mass is 365 g/mol. The zero-order valence-corrected chi connectivity index (χ0v) is 14.0. The van der Waals surface area contributed by atoms with E-state index in [1.54, 1.807) is 0 Å². The fourth-order valence-corrected chi connectivity index (χ4v) is 3.74. The maximum atomic E-state index is 12.3. The number of halogens is 4. The molecular weight excluding hydrogens is 347 g/mol. The van der Waals surface area contributed by atoms with Crippen molar-refractivity contribution in [2.75, 3.05) is 5.32 Å². The van der Waals surface area contributed by atoms with Gasteiger partial charge in [0.15, 0.2) is 0 Å². The van der Waals surface area contributed by atoms with Gasteiger partial charge < -0.3 is 15.2 Å². The molecule has 8 heteroatoms. The molecule has 0 bridgehead atoms. The van der Waals surface area contributed by atoms with Crippen LogP contribution in [0, 0.1) is 11.8 Å². The van der Waals surface area contributed by atoms with Gasteiger partial charge in [-0.25, -0.2) is 4.79 Å². The number of hydrogen-bond donors (Lipinski definition) is 2. The molecule has 1 aromatic rings. The number of carboxylic acids is 1. The third-order valence-corrected chi connectivity index (χ3v) is 4.44. The van der Waals surface area contributed by atoms with Crippen molar-refractivity contribution in [2.45, 2.75) is 45.0 Å². The lowest BCUT2D eigenvalue weighted by Gasteiger charge is -2.41. The number of carbonyl (C=O) groups is 1. The van der Waals surface area contributed by atoms with Crippen LogP contribution in [-0.2, 0) is 4.79 Å². The van der Waals surface area contributed by atoms with Gasteiger partial charge in [0.25, 0.3) is 0 Å². The summed E-state index contributed by atoms with van der Waals surface area (Å²) in [5, 5.41) is 12.4. The summed E-state index contributed by atoms with van der Waals surface area (Å²) in [6.07, 6.45) is -3.03. The molecule has 2 rings (SSSR count). The van der Waals surface area contributed by atoms with E-state index in [-0.39, 0.29) is 16.9 Å². The van der Waals surface area contributed by atoms with Gasteiger partial charge in [-0.05, 0) is 49.3 Å². The van der Waals surface area contributed by atoms with E-state index in [0.29, 0.717) is 18.5 Å². The Morgan fingerprint density at radius 3 is 2.38 bits per heavy atom. The number of carboxylic acid groups (broad SMARTS) is 1. The maximum Gasteiger partial charge on any atom is 0.573 e. The van der Waals surface area contributed by atoms with E-state index in [1.807, 2.05) is 13.8 Å². The van der Waals surface area contributed by atoms with Gasteiger partial charge >= 0.3 is 12.3 Å². The zero-order chi connectivity index (χ0) is 18.1. The van der Waals surface area contributed by atoms with E-state index in [2.05, 4.69) is 10.1 Å². The molecule has 24 heavy (non-hydrogen) atoms. The van der Waals surface area contributed by atoms with Crippen molar-refractivity contribution < 1.29 is 27.8 Å². The summed E-state index contributed by atoms with van der Waals surface area (Å²) >= 11 is 5.82. The van der Waals surface area contributed by atoms with Gasteiger partial charge in [0.05, 0.1) is 5.02 Å². The average molecular weight is 366 g/mol. The Labute approximate surface area is 142 Å². The molecule has 1 aromatic carbocycles. The smallest absolute Gasteiger partial charge is 0.480 e. The summed E-state index contributed by atoms with van der Waals surface area (Å²) in [6, 6.07) is 3.65. The van der Waals surface area contributed by atoms with Gasteiger partial charge in [-0.15, -0.1) is 13.2 Å². The van der Waals surface area contributed by atoms with Crippen molar-refractivity contribution in [3.05, 3.63) is 23.2 Å². The van der Waals surface area contributed by atoms with Crippen molar-refractivity contribution in [2.24, 2.45) is 11.8 Å². The quantitative estimate of drug-likeness (QED) is 0.794. The van der Waals surface area contributed by atoms with Crippen LogP contribution >= 0.6 is 11.6 Å².